The van der Waals surface area contributed by atoms with Gasteiger partial charge in [-0.3, -0.25) is 9.89 Å². The highest BCUT2D eigenvalue weighted by atomic mass is 32.2. The van der Waals surface area contributed by atoms with E-state index < -0.39 is 0 Å². The average molecular weight is 396 g/mol. The molecule has 7 heteroatoms. The van der Waals surface area contributed by atoms with E-state index in [1.165, 1.54) is 31.4 Å². The van der Waals surface area contributed by atoms with Gasteiger partial charge in [0, 0.05) is 19.6 Å². The number of thioether (sulfide) groups is 1. The molecule has 0 aromatic carbocycles. The number of aryl methyl sites for hydroxylation is 2. The molecule has 1 fully saturated rings. The van der Waals surface area contributed by atoms with E-state index in [1.807, 2.05) is 25.6 Å². The number of unbranched alkanes of at least 4 members (excludes halogenated alkanes) is 1. The molecule has 2 heterocycles. The monoisotopic (exact) mass is 395 g/mol. The molecule has 27 heavy (non-hydrogen) atoms. The van der Waals surface area contributed by atoms with Crippen LogP contribution in [0.4, 0.5) is 0 Å². The fourth-order valence-electron chi connectivity index (χ4n) is 3.27. The van der Waals surface area contributed by atoms with Crippen LogP contribution in [0.3, 0.4) is 0 Å². The molecule has 0 amide bonds. The summed E-state index contributed by atoms with van der Waals surface area (Å²) in [6, 6.07) is 0. The number of hydrogen-bond donors (Lipinski definition) is 2. The van der Waals surface area contributed by atoms with Gasteiger partial charge in [-0.05, 0) is 77.5 Å². The average Bonchev–Trinajstić information content (AvgIpc) is 2.97. The number of nitrogens with one attached hydrogen (secondary N) is 2. The Morgan fingerprint density at radius 3 is 2.67 bits per heavy atom. The standard InChI is InChI=1S/C20H37N5OS/c1-5-21-20(22-10-6-7-13-27-4)23-14-18-8-11-25(12-9-18)15-19-24-16(2)17(3)26-19/h18H,5-15H2,1-4H3,(H2,21,22,23). The molecule has 154 valence electrons. The van der Waals surface area contributed by atoms with Gasteiger partial charge in [-0.2, -0.15) is 11.8 Å². The molecule has 2 rings (SSSR count). The van der Waals surface area contributed by atoms with Crippen molar-refractivity contribution in [2.24, 2.45) is 10.9 Å². The van der Waals surface area contributed by atoms with E-state index in [2.05, 4.69) is 33.7 Å². The molecule has 0 unspecified atom stereocenters. The topological polar surface area (TPSA) is 65.7 Å². The van der Waals surface area contributed by atoms with Crippen molar-refractivity contribution in [3.8, 4) is 0 Å². The zero-order valence-electron chi connectivity index (χ0n) is 17.5. The number of rotatable bonds is 10. The number of aromatic nitrogens is 1. The Hall–Kier alpha value is -1.21. The first-order valence-corrected chi connectivity index (χ1v) is 11.7. The van der Waals surface area contributed by atoms with Crippen LogP contribution in [0.1, 0.15) is 50.0 Å². The molecule has 2 N–H and O–H groups in total. The maximum absolute atomic E-state index is 5.72. The van der Waals surface area contributed by atoms with Crippen molar-refractivity contribution in [3.63, 3.8) is 0 Å². The molecule has 1 aliphatic rings. The van der Waals surface area contributed by atoms with Crippen molar-refractivity contribution < 1.29 is 4.42 Å². The van der Waals surface area contributed by atoms with E-state index >= 15 is 0 Å². The zero-order valence-corrected chi connectivity index (χ0v) is 18.3. The van der Waals surface area contributed by atoms with Gasteiger partial charge in [0.25, 0.3) is 0 Å². The second kappa shape index (κ2) is 12.3. The zero-order chi connectivity index (χ0) is 19.5. The highest BCUT2D eigenvalue weighted by Gasteiger charge is 2.20. The Morgan fingerprint density at radius 1 is 1.26 bits per heavy atom. The Balaban J connectivity index is 1.69. The summed E-state index contributed by atoms with van der Waals surface area (Å²) in [5.41, 5.74) is 1.01. The van der Waals surface area contributed by atoms with Crippen molar-refractivity contribution in [2.45, 2.75) is 53.0 Å². The first-order chi connectivity index (χ1) is 13.1. The lowest BCUT2D eigenvalue weighted by Crippen LogP contribution is -2.39. The van der Waals surface area contributed by atoms with Crippen molar-refractivity contribution in [1.29, 1.82) is 0 Å². The molecule has 0 atom stereocenters. The summed E-state index contributed by atoms with van der Waals surface area (Å²) in [5.74, 6) is 4.66. The third kappa shape index (κ3) is 8.13. The number of likely N-dealkylation sites (tertiary alicyclic amines) is 1. The van der Waals surface area contributed by atoms with Crippen LogP contribution in [0.5, 0.6) is 0 Å². The summed E-state index contributed by atoms with van der Waals surface area (Å²) in [4.78, 5) is 11.8. The van der Waals surface area contributed by atoms with E-state index in [4.69, 9.17) is 9.41 Å². The van der Waals surface area contributed by atoms with E-state index in [9.17, 15) is 0 Å². The minimum absolute atomic E-state index is 0.668. The number of piperidine rings is 1. The van der Waals surface area contributed by atoms with Crippen molar-refractivity contribution >= 4 is 17.7 Å². The summed E-state index contributed by atoms with van der Waals surface area (Å²) in [6.45, 7) is 11.9. The van der Waals surface area contributed by atoms with Crippen LogP contribution in [0.2, 0.25) is 0 Å². The lowest BCUT2D eigenvalue weighted by molar-refractivity contribution is 0.166. The van der Waals surface area contributed by atoms with E-state index in [0.29, 0.717) is 5.92 Å². The fourth-order valence-corrected chi connectivity index (χ4v) is 3.76. The van der Waals surface area contributed by atoms with E-state index in [-0.39, 0.29) is 0 Å². The molecule has 1 aromatic heterocycles. The van der Waals surface area contributed by atoms with Crippen LogP contribution in [0, 0.1) is 19.8 Å². The Bertz CT molecular complexity index is 547. The normalized spacial score (nSPS) is 16.7. The Kier molecular flexibility index (Phi) is 10.1. The van der Waals surface area contributed by atoms with E-state index in [1.54, 1.807) is 0 Å². The van der Waals surface area contributed by atoms with Crippen LogP contribution in [0.15, 0.2) is 9.41 Å². The van der Waals surface area contributed by atoms with Gasteiger partial charge >= 0.3 is 0 Å². The second-order valence-electron chi connectivity index (χ2n) is 7.32. The fraction of sp³-hybridized carbons (Fsp3) is 0.800. The molecule has 6 nitrogen and oxygen atoms in total. The molecule has 1 saturated heterocycles. The third-order valence-electron chi connectivity index (χ3n) is 5.06. The third-order valence-corrected chi connectivity index (χ3v) is 5.76. The minimum Gasteiger partial charge on any atom is -0.444 e. The van der Waals surface area contributed by atoms with Gasteiger partial charge in [-0.25, -0.2) is 4.98 Å². The Morgan fingerprint density at radius 2 is 2.04 bits per heavy atom. The quantitative estimate of drug-likeness (QED) is 0.360. The molecule has 0 bridgehead atoms. The summed E-state index contributed by atoms with van der Waals surface area (Å²) in [7, 11) is 0. The number of aliphatic imine (C=N–C) groups is 1. The molecular weight excluding hydrogens is 358 g/mol. The first-order valence-electron chi connectivity index (χ1n) is 10.3. The van der Waals surface area contributed by atoms with Crippen molar-refractivity contribution in [3.05, 3.63) is 17.3 Å². The van der Waals surface area contributed by atoms with Gasteiger partial charge in [-0.15, -0.1) is 0 Å². The van der Waals surface area contributed by atoms with Gasteiger partial charge in [0.2, 0.25) is 5.89 Å². The van der Waals surface area contributed by atoms with Crippen LogP contribution < -0.4 is 10.6 Å². The van der Waals surface area contributed by atoms with E-state index in [0.717, 1.165) is 62.6 Å². The lowest BCUT2D eigenvalue weighted by Gasteiger charge is -2.30. The molecule has 1 aliphatic heterocycles. The summed E-state index contributed by atoms with van der Waals surface area (Å²) >= 11 is 1.91. The molecule has 0 radical (unpaired) electrons. The number of oxazole rings is 1. The second-order valence-corrected chi connectivity index (χ2v) is 8.30. The van der Waals surface area contributed by atoms with Crippen molar-refractivity contribution in [2.75, 3.05) is 44.7 Å². The minimum atomic E-state index is 0.668. The molecule has 1 aromatic rings. The predicted octanol–water partition coefficient (Wildman–Crippen LogP) is 3.20. The summed E-state index contributed by atoms with van der Waals surface area (Å²) in [6.07, 6.45) is 7.00. The SMILES string of the molecule is CCNC(=NCC1CCN(Cc2nc(C)c(C)o2)CC1)NCCCCSC. The molecular formula is C20H37N5OS. The van der Waals surface area contributed by atoms with Gasteiger partial charge in [0.1, 0.15) is 5.76 Å². The van der Waals surface area contributed by atoms with Crippen LogP contribution in [-0.2, 0) is 6.54 Å². The molecule has 0 aliphatic carbocycles. The highest BCUT2D eigenvalue weighted by molar-refractivity contribution is 7.98. The maximum Gasteiger partial charge on any atom is 0.208 e. The number of hydrogen-bond acceptors (Lipinski definition) is 5. The largest absolute Gasteiger partial charge is 0.444 e. The Labute approximate surface area is 169 Å². The van der Waals surface area contributed by atoms with Gasteiger partial charge in [-0.1, -0.05) is 0 Å². The van der Waals surface area contributed by atoms with Crippen LogP contribution >= 0.6 is 11.8 Å². The first kappa shape index (κ1) is 22.1. The number of nitrogens with zero attached hydrogens (tertiary/aromatic N) is 3. The maximum atomic E-state index is 5.72. The predicted molar refractivity (Wildman–Crippen MR) is 116 cm³/mol. The van der Waals surface area contributed by atoms with Crippen molar-refractivity contribution in [1.82, 2.24) is 20.5 Å². The summed E-state index contributed by atoms with van der Waals surface area (Å²) in [5, 5.41) is 6.83. The molecule has 0 saturated carbocycles. The van der Waals surface area contributed by atoms with Gasteiger partial charge in [0.05, 0.1) is 12.2 Å². The smallest absolute Gasteiger partial charge is 0.208 e. The van der Waals surface area contributed by atoms with Gasteiger partial charge < -0.3 is 15.1 Å². The van der Waals surface area contributed by atoms with Crippen LogP contribution in [-0.4, -0.2) is 60.6 Å². The molecule has 0 spiro atoms. The lowest BCUT2D eigenvalue weighted by atomic mass is 9.97. The van der Waals surface area contributed by atoms with Gasteiger partial charge in [0.15, 0.2) is 5.96 Å². The number of guanidine groups is 1. The highest BCUT2D eigenvalue weighted by Crippen LogP contribution is 2.20. The van der Waals surface area contributed by atoms with Crippen LogP contribution in [0.25, 0.3) is 0 Å². The summed E-state index contributed by atoms with van der Waals surface area (Å²) < 4.78 is 5.72.